The molecule has 0 fully saturated rings. The van der Waals surface area contributed by atoms with Crippen LogP contribution in [0.5, 0.6) is 0 Å². The second kappa shape index (κ2) is 3.46. The van der Waals surface area contributed by atoms with Crippen molar-refractivity contribution in [1.82, 2.24) is 10.3 Å². The van der Waals surface area contributed by atoms with E-state index in [2.05, 4.69) is 10.3 Å². The number of hydrogen-bond acceptors (Lipinski definition) is 3. The molecule has 18 heavy (non-hydrogen) atoms. The van der Waals surface area contributed by atoms with Gasteiger partial charge in [0.25, 0.3) is 11.8 Å². The van der Waals surface area contributed by atoms with Gasteiger partial charge in [-0.15, -0.1) is 0 Å². The summed E-state index contributed by atoms with van der Waals surface area (Å²) in [5.41, 5.74) is 2.50. The lowest BCUT2D eigenvalue weighted by atomic mass is 10.0. The summed E-state index contributed by atoms with van der Waals surface area (Å²) in [7, 11) is 0. The van der Waals surface area contributed by atoms with Crippen LogP contribution in [0.25, 0.3) is 16.5 Å². The first-order valence-electron chi connectivity index (χ1n) is 5.45. The van der Waals surface area contributed by atoms with E-state index in [0.717, 1.165) is 16.5 Å². The molecule has 1 aliphatic heterocycles. The largest absolute Gasteiger partial charge is 0.502 e. The Balaban J connectivity index is 2.28. The summed E-state index contributed by atoms with van der Waals surface area (Å²) in [4.78, 5) is 25.9. The van der Waals surface area contributed by atoms with Gasteiger partial charge in [0, 0.05) is 22.7 Å². The number of imide groups is 1. The maximum absolute atomic E-state index is 11.6. The first kappa shape index (κ1) is 10.6. The molecular formula is C13H10N2O3. The van der Waals surface area contributed by atoms with Crippen molar-refractivity contribution in [3.05, 3.63) is 41.3 Å². The standard InChI is InChI=1S/C13H10N2O3/c1-6-2-3-7-8(5-14-9(7)4-6)10-11(16)13(18)15-12(10)17/h2-5,14H,1H3,(H2,15,16,17,18). The molecule has 1 aliphatic rings. The molecule has 1 aromatic carbocycles. The van der Waals surface area contributed by atoms with Crippen molar-refractivity contribution in [2.24, 2.45) is 0 Å². The zero-order chi connectivity index (χ0) is 12.9. The average molecular weight is 242 g/mol. The highest BCUT2D eigenvalue weighted by Gasteiger charge is 2.32. The topological polar surface area (TPSA) is 82.2 Å². The van der Waals surface area contributed by atoms with Crippen LogP contribution in [-0.2, 0) is 9.59 Å². The quantitative estimate of drug-likeness (QED) is 0.661. The van der Waals surface area contributed by atoms with Gasteiger partial charge in [-0.2, -0.15) is 0 Å². The van der Waals surface area contributed by atoms with Crippen molar-refractivity contribution in [3.63, 3.8) is 0 Å². The molecule has 0 saturated carbocycles. The van der Waals surface area contributed by atoms with Gasteiger partial charge < -0.3 is 10.1 Å². The van der Waals surface area contributed by atoms with Crippen molar-refractivity contribution in [2.75, 3.05) is 0 Å². The molecule has 3 rings (SSSR count). The van der Waals surface area contributed by atoms with Gasteiger partial charge in [-0.05, 0) is 18.6 Å². The van der Waals surface area contributed by atoms with E-state index in [9.17, 15) is 14.7 Å². The van der Waals surface area contributed by atoms with E-state index < -0.39 is 17.6 Å². The molecule has 0 bridgehead atoms. The van der Waals surface area contributed by atoms with Crippen LogP contribution in [0.3, 0.4) is 0 Å². The zero-order valence-corrected chi connectivity index (χ0v) is 9.57. The summed E-state index contributed by atoms with van der Waals surface area (Å²) in [5, 5.41) is 12.5. The Bertz CT molecular complexity index is 725. The maximum Gasteiger partial charge on any atom is 0.293 e. The summed E-state index contributed by atoms with van der Waals surface area (Å²) in [6, 6.07) is 5.70. The number of fused-ring (bicyclic) bond motifs is 1. The molecule has 5 nitrogen and oxygen atoms in total. The maximum atomic E-state index is 11.6. The number of aliphatic hydroxyl groups is 1. The van der Waals surface area contributed by atoms with Gasteiger partial charge in [-0.1, -0.05) is 12.1 Å². The summed E-state index contributed by atoms with van der Waals surface area (Å²) in [6.45, 7) is 1.96. The lowest BCUT2D eigenvalue weighted by Crippen LogP contribution is -2.22. The Morgan fingerprint density at radius 2 is 1.94 bits per heavy atom. The van der Waals surface area contributed by atoms with Gasteiger partial charge in [0.05, 0.1) is 5.57 Å². The molecule has 0 radical (unpaired) electrons. The smallest absolute Gasteiger partial charge is 0.293 e. The fourth-order valence-corrected chi connectivity index (χ4v) is 2.14. The number of nitrogens with one attached hydrogen (secondary N) is 2. The Kier molecular flexibility index (Phi) is 2.04. The number of carbonyl (C=O) groups is 2. The number of rotatable bonds is 1. The highest BCUT2D eigenvalue weighted by Crippen LogP contribution is 2.29. The molecule has 1 aromatic heterocycles. The lowest BCUT2D eigenvalue weighted by molar-refractivity contribution is -0.124. The molecule has 0 atom stereocenters. The highest BCUT2D eigenvalue weighted by atomic mass is 16.3. The van der Waals surface area contributed by atoms with Crippen molar-refractivity contribution >= 4 is 28.3 Å². The summed E-state index contributed by atoms with van der Waals surface area (Å²) < 4.78 is 0. The van der Waals surface area contributed by atoms with Crippen LogP contribution in [0.15, 0.2) is 30.2 Å². The average Bonchev–Trinajstić information content (AvgIpc) is 2.81. The molecule has 3 N–H and O–H groups in total. The Labute approximate surface area is 102 Å². The number of aliphatic hydroxyl groups excluding tert-OH is 1. The molecule has 90 valence electrons. The van der Waals surface area contributed by atoms with Crippen LogP contribution in [0.4, 0.5) is 0 Å². The third-order valence-electron chi connectivity index (χ3n) is 3.01. The predicted octanol–water partition coefficient (Wildman–Crippen LogP) is 1.40. The molecule has 0 spiro atoms. The fraction of sp³-hybridized carbons (Fsp3) is 0.0769. The predicted molar refractivity (Wildman–Crippen MR) is 65.7 cm³/mol. The normalized spacial score (nSPS) is 15.6. The third kappa shape index (κ3) is 1.34. The molecule has 0 saturated heterocycles. The van der Waals surface area contributed by atoms with Crippen LogP contribution in [-0.4, -0.2) is 21.9 Å². The van der Waals surface area contributed by atoms with E-state index in [1.807, 2.05) is 25.1 Å². The molecule has 5 heteroatoms. The third-order valence-corrected chi connectivity index (χ3v) is 3.01. The number of aromatic nitrogens is 1. The number of H-pyrrole nitrogens is 1. The first-order chi connectivity index (χ1) is 8.58. The minimum Gasteiger partial charge on any atom is -0.502 e. The van der Waals surface area contributed by atoms with Crippen LogP contribution < -0.4 is 5.32 Å². The Hall–Kier alpha value is -2.56. The van der Waals surface area contributed by atoms with Gasteiger partial charge >= 0.3 is 0 Å². The van der Waals surface area contributed by atoms with Crippen LogP contribution >= 0.6 is 0 Å². The Morgan fingerprint density at radius 1 is 1.17 bits per heavy atom. The van der Waals surface area contributed by atoms with Crippen LogP contribution in [0.1, 0.15) is 11.1 Å². The number of hydrogen-bond donors (Lipinski definition) is 3. The van der Waals surface area contributed by atoms with Crippen LogP contribution in [0.2, 0.25) is 0 Å². The molecule has 0 aliphatic carbocycles. The van der Waals surface area contributed by atoms with Gasteiger partial charge in [-0.3, -0.25) is 14.9 Å². The van der Waals surface area contributed by atoms with Gasteiger partial charge in [0.15, 0.2) is 5.76 Å². The van der Waals surface area contributed by atoms with Gasteiger partial charge in [0.1, 0.15) is 0 Å². The van der Waals surface area contributed by atoms with E-state index in [-0.39, 0.29) is 5.57 Å². The van der Waals surface area contributed by atoms with Crippen molar-refractivity contribution in [1.29, 1.82) is 0 Å². The fourth-order valence-electron chi connectivity index (χ4n) is 2.14. The number of carbonyl (C=O) groups excluding carboxylic acids is 2. The van der Waals surface area contributed by atoms with Crippen LogP contribution in [0, 0.1) is 6.92 Å². The zero-order valence-electron chi connectivity index (χ0n) is 9.57. The number of aromatic amines is 1. The minimum absolute atomic E-state index is 0.0232. The second-order valence-electron chi connectivity index (χ2n) is 4.26. The number of benzene rings is 1. The summed E-state index contributed by atoms with van der Waals surface area (Å²) >= 11 is 0. The molecule has 2 amide bonds. The Morgan fingerprint density at radius 3 is 2.61 bits per heavy atom. The minimum atomic E-state index is -0.753. The lowest BCUT2D eigenvalue weighted by Gasteiger charge is -1.99. The van der Waals surface area contributed by atoms with Gasteiger partial charge in [-0.25, -0.2) is 0 Å². The first-order valence-corrected chi connectivity index (χ1v) is 5.45. The molecule has 2 aromatic rings. The van der Waals surface area contributed by atoms with Crippen molar-refractivity contribution in [3.8, 4) is 0 Å². The number of amides is 2. The van der Waals surface area contributed by atoms with E-state index in [0.29, 0.717) is 5.56 Å². The molecule has 2 heterocycles. The van der Waals surface area contributed by atoms with Crippen molar-refractivity contribution < 1.29 is 14.7 Å². The highest BCUT2D eigenvalue weighted by molar-refractivity contribution is 6.36. The summed E-state index contributed by atoms with van der Waals surface area (Å²) in [6.07, 6.45) is 1.62. The molecular weight excluding hydrogens is 232 g/mol. The molecule has 0 unspecified atom stereocenters. The monoisotopic (exact) mass is 242 g/mol. The van der Waals surface area contributed by atoms with E-state index in [4.69, 9.17) is 0 Å². The second-order valence-corrected chi connectivity index (χ2v) is 4.26. The summed E-state index contributed by atoms with van der Waals surface area (Å²) in [5.74, 6) is -1.85. The van der Waals surface area contributed by atoms with Crippen molar-refractivity contribution in [2.45, 2.75) is 6.92 Å². The van der Waals surface area contributed by atoms with E-state index in [1.165, 1.54) is 0 Å². The van der Waals surface area contributed by atoms with E-state index in [1.54, 1.807) is 6.20 Å². The SMILES string of the molecule is Cc1ccc2c(C3=C(O)C(=O)NC3=O)c[nH]c2c1. The van der Waals surface area contributed by atoms with E-state index >= 15 is 0 Å². The number of aryl methyl sites for hydroxylation is 1. The van der Waals surface area contributed by atoms with Gasteiger partial charge in [0.2, 0.25) is 0 Å².